The average Bonchev–Trinajstić information content (AvgIpc) is 2.78. The third-order valence-corrected chi connectivity index (χ3v) is 3.63. The van der Waals surface area contributed by atoms with Crippen LogP contribution in [0, 0.1) is 0 Å². The molecule has 2 N–H and O–H groups in total. The third-order valence-electron chi connectivity index (χ3n) is 3.63. The fourth-order valence-corrected chi connectivity index (χ4v) is 2.52. The number of hydrogen-bond donors (Lipinski definition) is 2. The van der Waals surface area contributed by atoms with E-state index in [1.165, 1.54) is 0 Å². The van der Waals surface area contributed by atoms with Gasteiger partial charge >= 0.3 is 0 Å². The van der Waals surface area contributed by atoms with Gasteiger partial charge in [0.15, 0.2) is 0 Å². The lowest BCUT2D eigenvalue weighted by atomic mass is 10.1. The lowest BCUT2D eigenvalue weighted by molar-refractivity contribution is 0.0572. The number of amides is 1. The van der Waals surface area contributed by atoms with Crippen LogP contribution in [0.4, 0.5) is 5.82 Å². The normalized spacial score (nSPS) is 22.1. The summed E-state index contributed by atoms with van der Waals surface area (Å²) >= 11 is 0. The predicted molar refractivity (Wildman–Crippen MR) is 78.9 cm³/mol. The minimum atomic E-state index is -0.763. The van der Waals surface area contributed by atoms with E-state index in [1.54, 1.807) is 24.9 Å². The lowest BCUT2D eigenvalue weighted by Crippen LogP contribution is -2.34. The molecule has 2 rings (SSSR count). The molecule has 1 atom stereocenters. The van der Waals surface area contributed by atoms with Gasteiger partial charge in [0.1, 0.15) is 5.82 Å². The van der Waals surface area contributed by atoms with Gasteiger partial charge in [-0.25, -0.2) is 4.98 Å². The van der Waals surface area contributed by atoms with E-state index in [1.807, 2.05) is 6.07 Å². The second-order valence-corrected chi connectivity index (χ2v) is 5.71. The fourth-order valence-electron chi connectivity index (χ4n) is 2.52. The molecule has 1 aliphatic heterocycles. The highest BCUT2D eigenvalue weighted by Crippen LogP contribution is 2.23. The van der Waals surface area contributed by atoms with Crippen LogP contribution in [0.15, 0.2) is 12.1 Å². The Hall–Kier alpha value is -1.62. The highest BCUT2D eigenvalue weighted by atomic mass is 16.3. The largest absolute Gasteiger partial charge is 0.388 e. The third kappa shape index (κ3) is 3.28. The molecule has 2 heterocycles. The van der Waals surface area contributed by atoms with Crippen molar-refractivity contribution in [1.29, 1.82) is 0 Å². The van der Waals surface area contributed by atoms with Crippen LogP contribution >= 0.6 is 0 Å². The molecule has 1 saturated heterocycles. The van der Waals surface area contributed by atoms with Gasteiger partial charge in [-0.2, -0.15) is 0 Å². The van der Waals surface area contributed by atoms with Gasteiger partial charge in [-0.05, 0) is 31.9 Å². The maximum atomic E-state index is 12.5. The van der Waals surface area contributed by atoms with Crippen molar-refractivity contribution >= 4 is 11.7 Å². The Bertz CT molecular complexity index is 500. The molecule has 0 radical (unpaired) electrons. The molecule has 5 nitrogen and oxygen atoms in total. The monoisotopic (exact) mass is 277 g/mol. The molecular weight excluding hydrogens is 254 g/mol. The summed E-state index contributed by atoms with van der Waals surface area (Å²) in [4.78, 5) is 18.7. The molecule has 1 unspecified atom stereocenters. The number of likely N-dealkylation sites (tertiary alicyclic amines) is 1. The second-order valence-electron chi connectivity index (χ2n) is 5.71. The SMILES string of the molecule is CCCc1cc(C(=O)N2CCC(C)(O)C2)cc(NC)n1. The molecular formula is C15H23N3O2. The summed E-state index contributed by atoms with van der Waals surface area (Å²) < 4.78 is 0. The quantitative estimate of drug-likeness (QED) is 0.878. The number of carbonyl (C=O) groups excluding carboxylic acids is 1. The van der Waals surface area contributed by atoms with Crippen LogP contribution in [0.3, 0.4) is 0 Å². The fraction of sp³-hybridized carbons (Fsp3) is 0.600. The van der Waals surface area contributed by atoms with Crippen LogP contribution in [0.1, 0.15) is 42.7 Å². The number of carbonyl (C=O) groups is 1. The first kappa shape index (κ1) is 14.8. The Morgan fingerprint density at radius 1 is 1.55 bits per heavy atom. The van der Waals surface area contributed by atoms with E-state index < -0.39 is 5.60 Å². The molecule has 0 spiro atoms. The zero-order chi connectivity index (χ0) is 14.8. The number of aryl methyl sites for hydroxylation is 1. The molecule has 0 aliphatic carbocycles. The Morgan fingerprint density at radius 3 is 2.85 bits per heavy atom. The van der Waals surface area contributed by atoms with E-state index in [9.17, 15) is 9.90 Å². The van der Waals surface area contributed by atoms with Gasteiger partial charge in [0.05, 0.1) is 5.60 Å². The molecule has 1 aromatic heterocycles. The van der Waals surface area contributed by atoms with Gasteiger partial charge in [-0.3, -0.25) is 4.79 Å². The standard InChI is InChI=1S/C15H23N3O2/c1-4-5-12-8-11(9-13(16-3)17-12)14(19)18-7-6-15(2,20)10-18/h8-9,20H,4-7,10H2,1-3H3,(H,16,17). The summed E-state index contributed by atoms with van der Waals surface area (Å²) in [6.45, 7) is 4.86. The first-order valence-electron chi connectivity index (χ1n) is 7.15. The summed E-state index contributed by atoms with van der Waals surface area (Å²) in [5.41, 5.74) is 0.806. The molecule has 0 bridgehead atoms. The molecule has 1 amide bonds. The Morgan fingerprint density at radius 2 is 2.30 bits per heavy atom. The van der Waals surface area contributed by atoms with Crippen molar-refractivity contribution in [3.63, 3.8) is 0 Å². The van der Waals surface area contributed by atoms with Crippen LogP contribution in [0.5, 0.6) is 0 Å². The van der Waals surface area contributed by atoms with Crippen LogP contribution in [-0.2, 0) is 6.42 Å². The molecule has 1 fully saturated rings. The highest BCUT2D eigenvalue weighted by molar-refractivity contribution is 5.95. The zero-order valence-electron chi connectivity index (χ0n) is 12.4. The van der Waals surface area contributed by atoms with Gasteiger partial charge in [0, 0.05) is 31.4 Å². The maximum Gasteiger partial charge on any atom is 0.254 e. The van der Waals surface area contributed by atoms with E-state index in [-0.39, 0.29) is 5.91 Å². The Balaban J connectivity index is 2.23. The van der Waals surface area contributed by atoms with Crippen molar-refractivity contribution in [3.8, 4) is 0 Å². The molecule has 110 valence electrons. The number of anilines is 1. The van der Waals surface area contributed by atoms with Crippen molar-refractivity contribution in [2.24, 2.45) is 0 Å². The Kier molecular flexibility index (Phi) is 4.28. The molecule has 0 aromatic carbocycles. The first-order valence-corrected chi connectivity index (χ1v) is 7.15. The summed E-state index contributed by atoms with van der Waals surface area (Å²) in [7, 11) is 1.80. The van der Waals surface area contributed by atoms with Crippen molar-refractivity contribution in [2.75, 3.05) is 25.5 Å². The summed E-state index contributed by atoms with van der Waals surface area (Å²) in [6.07, 6.45) is 2.48. The number of rotatable bonds is 4. The summed E-state index contributed by atoms with van der Waals surface area (Å²) in [5, 5.41) is 13.0. The first-order chi connectivity index (χ1) is 9.45. The average molecular weight is 277 g/mol. The van der Waals surface area contributed by atoms with Crippen LogP contribution in [-0.4, -0.2) is 46.6 Å². The van der Waals surface area contributed by atoms with E-state index >= 15 is 0 Å². The van der Waals surface area contributed by atoms with Gasteiger partial charge in [0.25, 0.3) is 5.91 Å². The molecule has 0 saturated carbocycles. The van der Waals surface area contributed by atoms with E-state index in [0.29, 0.717) is 30.9 Å². The molecule has 1 aliphatic rings. The topological polar surface area (TPSA) is 65.5 Å². The molecule has 1 aromatic rings. The Labute approximate surface area is 120 Å². The minimum absolute atomic E-state index is 0.0287. The zero-order valence-corrected chi connectivity index (χ0v) is 12.4. The predicted octanol–water partition coefficient (Wildman–Crippen LogP) is 1.67. The number of hydrogen-bond acceptors (Lipinski definition) is 4. The smallest absolute Gasteiger partial charge is 0.254 e. The maximum absolute atomic E-state index is 12.5. The van der Waals surface area contributed by atoms with E-state index in [0.717, 1.165) is 18.5 Å². The summed E-state index contributed by atoms with van der Waals surface area (Å²) in [5.74, 6) is 0.685. The van der Waals surface area contributed by atoms with Crippen LogP contribution in [0.2, 0.25) is 0 Å². The van der Waals surface area contributed by atoms with Crippen molar-refractivity contribution < 1.29 is 9.90 Å². The van der Waals surface area contributed by atoms with E-state index in [2.05, 4.69) is 17.2 Å². The number of aromatic nitrogens is 1. The second kappa shape index (κ2) is 5.79. The van der Waals surface area contributed by atoms with Gasteiger partial charge < -0.3 is 15.3 Å². The van der Waals surface area contributed by atoms with E-state index in [4.69, 9.17) is 0 Å². The van der Waals surface area contributed by atoms with Crippen molar-refractivity contribution in [2.45, 2.75) is 38.7 Å². The van der Waals surface area contributed by atoms with Crippen LogP contribution in [0.25, 0.3) is 0 Å². The van der Waals surface area contributed by atoms with Crippen LogP contribution < -0.4 is 5.32 Å². The highest BCUT2D eigenvalue weighted by Gasteiger charge is 2.34. The number of nitrogens with one attached hydrogen (secondary N) is 1. The van der Waals surface area contributed by atoms with Gasteiger partial charge in [0.2, 0.25) is 0 Å². The number of β-amino-alcohol motifs (C(OH)–C–C–N with tert-alkyl or cyclic N) is 1. The van der Waals surface area contributed by atoms with Gasteiger partial charge in [-0.15, -0.1) is 0 Å². The van der Waals surface area contributed by atoms with Crippen molar-refractivity contribution in [1.82, 2.24) is 9.88 Å². The molecule has 20 heavy (non-hydrogen) atoms. The van der Waals surface area contributed by atoms with Crippen molar-refractivity contribution in [3.05, 3.63) is 23.4 Å². The minimum Gasteiger partial charge on any atom is -0.388 e. The van der Waals surface area contributed by atoms with Gasteiger partial charge in [-0.1, -0.05) is 13.3 Å². The molecule has 5 heteroatoms. The summed E-state index contributed by atoms with van der Waals surface area (Å²) in [6, 6.07) is 3.63. The number of nitrogens with zero attached hydrogens (tertiary/aromatic N) is 2. The number of aliphatic hydroxyl groups is 1. The lowest BCUT2D eigenvalue weighted by Gasteiger charge is -2.19. The number of pyridine rings is 1.